The van der Waals surface area contributed by atoms with Gasteiger partial charge in [0.2, 0.25) is 6.29 Å². The number of carbonyl (C=O) groups excluding carboxylic acids is 1. The van der Waals surface area contributed by atoms with E-state index in [1.807, 2.05) is 24.3 Å². The SMILES string of the molecule is CCC1O[C@@H](Oc2ccc(COC(=O)Cc3ccc([N+](=O)[O-])cc3)cc2)[C@@H](C)C(C)[C@H]1C. The Morgan fingerprint density at radius 3 is 2.19 bits per heavy atom. The average Bonchev–Trinajstić information content (AvgIpc) is 2.79. The molecule has 1 aliphatic rings. The van der Waals surface area contributed by atoms with Crippen molar-refractivity contribution in [2.45, 2.75) is 59.5 Å². The summed E-state index contributed by atoms with van der Waals surface area (Å²) in [4.78, 5) is 22.3. The van der Waals surface area contributed by atoms with E-state index >= 15 is 0 Å². The van der Waals surface area contributed by atoms with Crippen LogP contribution < -0.4 is 4.74 Å². The number of benzene rings is 2. The smallest absolute Gasteiger partial charge is 0.310 e. The zero-order valence-corrected chi connectivity index (χ0v) is 19.0. The summed E-state index contributed by atoms with van der Waals surface area (Å²) in [6.07, 6.45) is 0.935. The lowest BCUT2D eigenvalue weighted by Gasteiger charge is -2.43. The van der Waals surface area contributed by atoms with Gasteiger partial charge in [-0.25, -0.2) is 0 Å². The van der Waals surface area contributed by atoms with Gasteiger partial charge in [-0.05, 0) is 41.5 Å². The number of hydrogen-bond donors (Lipinski definition) is 0. The maximum atomic E-state index is 12.1. The number of nitrogens with zero attached hydrogens (tertiary/aromatic N) is 1. The minimum atomic E-state index is -0.472. The van der Waals surface area contributed by atoms with Crippen molar-refractivity contribution >= 4 is 11.7 Å². The molecule has 7 nitrogen and oxygen atoms in total. The van der Waals surface area contributed by atoms with Crippen molar-refractivity contribution in [1.29, 1.82) is 0 Å². The number of nitro benzene ring substituents is 1. The Bertz CT molecular complexity index is 909. The van der Waals surface area contributed by atoms with Crippen LogP contribution in [0.2, 0.25) is 0 Å². The van der Waals surface area contributed by atoms with Crippen molar-refractivity contribution in [2.24, 2.45) is 17.8 Å². The van der Waals surface area contributed by atoms with Crippen molar-refractivity contribution in [2.75, 3.05) is 0 Å². The van der Waals surface area contributed by atoms with Crippen LogP contribution in [0.15, 0.2) is 48.5 Å². The first-order valence-electron chi connectivity index (χ1n) is 11.1. The Kier molecular flexibility index (Phi) is 7.85. The highest BCUT2D eigenvalue weighted by Gasteiger charge is 2.39. The molecule has 1 fully saturated rings. The van der Waals surface area contributed by atoms with Gasteiger partial charge in [0.25, 0.3) is 5.69 Å². The maximum absolute atomic E-state index is 12.1. The molecule has 2 aromatic carbocycles. The minimum Gasteiger partial charge on any atom is -0.465 e. The molecule has 2 unspecified atom stereocenters. The molecular formula is C25H31NO6. The average molecular weight is 442 g/mol. The summed E-state index contributed by atoms with van der Waals surface area (Å²) >= 11 is 0. The molecule has 1 saturated heterocycles. The Balaban J connectivity index is 1.50. The number of non-ortho nitro benzene ring substituents is 1. The first kappa shape index (κ1) is 23.7. The highest BCUT2D eigenvalue weighted by molar-refractivity contribution is 5.72. The van der Waals surface area contributed by atoms with Crippen molar-refractivity contribution in [3.63, 3.8) is 0 Å². The zero-order valence-electron chi connectivity index (χ0n) is 19.0. The Morgan fingerprint density at radius 1 is 0.969 bits per heavy atom. The zero-order chi connectivity index (χ0) is 23.3. The van der Waals surface area contributed by atoms with Crippen LogP contribution in [-0.4, -0.2) is 23.3 Å². The molecule has 1 heterocycles. The molecular weight excluding hydrogens is 410 g/mol. The summed E-state index contributed by atoms with van der Waals surface area (Å²) in [6, 6.07) is 13.3. The highest BCUT2D eigenvalue weighted by atomic mass is 16.7. The van der Waals surface area contributed by atoms with Gasteiger partial charge in [0.1, 0.15) is 12.4 Å². The molecule has 172 valence electrons. The van der Waals surface area contributed by atoms with Crippen molar-refractivity contribution in [1.82, 2.24) is 0 Å². The number of carbonyl (C=O) groups is 1. The number of rotatable bonds is 8. The van der Waals surface area contributed by atoms with Crippen molar-refractivity contribution in [3.05, 3.63) is 69.8 Å². The van der Waals surface area contributed by atoms with Crippen molar-refractivity contribution in [3.8, 4) is 5.75 Å². The molecule has 0 N–H and O–H groups in total. The van der Waals surface area contributed by atoms with Crippen LogP contribution in [0.1, 0.15) is 45.2 Å². The van der Waals surface area contributed by atoms with Crippen LogP contribution in [-0.2, 0) is 27.3 Å². The van der Waals surface area contributed by atoms with Crippen LogP contribution >= 0.6 is 0 Å². The van der Waals surface area contributed by atoms with E-state index in [1.54, 1.807) is 12.1 Å². The Morgan fingerprint density at radius 2 is 1.59 bits per heavy atom. The van der Waals surface area contributed by atoms with E-state index in [9.17, 15) is 14.9 Å². The first-order chi connectivity index (χ1) is 15.3. The van der Waals surface area contributed by atoms with Crippen LogP contribution in [0.3, 0.4) is 0 Å². The molecule has 1 aliphatic heterocycles. The molecule has 2 aromatic rings. The monoisotopic (exact) mass is 441 g/mol. The summed E-state index contributed by atoms with van der Waals surface area (Å²) in [5, 5.41) is 10.7. The molecule has 32 heavy (non-hydrogen) atoms. The van der Waals surface area contributed by atoms with Gasteiger partial charge in [0.15, 0.2) is 0 Å². The third-order valence-corrected chi connectivity index (χ3v) is 6.46. The summed E-state index contributed by atoms with van der Waals surface area (Å²) in [5.74, 6) is 1.62. The second kappa shape index (κ2) is 10.6. The van der Waals surface area contributed by atoms with Gasteiger partial charge in [0, 0.05) is 18.1 Å². The molecule has 0 spiro atoms. The van der Waals surface area contributed by atoms with Gasteiger partial charge in [-0.2, -0.15) is 0 Å². The third-order valence-electron chi connectivity index (χ3n) is 6.46. The lowest BCUT2D eigenvalue weighted by molar-refractivity contribution is -0.384. The minimum absolute atomic E-state index is 0.00775. The van der Waals surface area contributed by atoms with Gasteiger partial charge in [-0.15, -0.1) is 0 Å². The number of ether oxygens (including phenoxy) is 3. The summed E-state index contributed by atoms with van der Waals surface area (Å²) in [5.41, 5.74) is 1.51. The number of esters is 1. The van der Waals surface area contributed by atoms with E-state index in [0.29, 0.717) is 17.4 Å². The van der Waals surface area contributed by atoms with Crippen LogP contribution in [0.25, 0.3) is 0 Å². The second-order valence-corrected chi connectivity index (χ2v) is 8.55. The predicted octanol–water partition coefficient (Wildman–Crippen LogP) is 5.30. The second-order valence-electron chi connectivity index (χ2n) is 8.55. The Hall–Kier alpha value is -2.93. The number of nitro groups is 1. The molecule has 0 amide bonds. The van der Waals surface area contributed by atoms with Crippen molar-refractivity contribution < 1.29 is 23.9 Å². The summed E-state index contributed by atoms with van der Waals surface area (Å²) < 4.78 is 17.7. The van der Waals surface area contributed by atoms with Gasteiger partial charge >= 0.3 is 5.97 Å². The first-order valence-corrected chi connectivity index (χ1v) is 11.1. The molecule has 7 heteroatoms. The molecule has 5 atom stereocenters. The van der Waals surface area contributed by atoms with E-state index in [4.69, 9.17) is 14.2 Å². The lowest BCUT2D eigenvalue weighted by atomic mass is 9.78. The molecule has 0 aliphatic carbocycles. The van der Waals surface area contributed by atoms with E-state index in [-0.39, 0.29) is 37.0 Å². The largest absolute Gasteiger partial charge is 0.465 e. The van der Waals surface area contributed by atoms with Crippen LogP contribution in [0.4, 0.5) is 5.69 Å². The van der Waals surface area contributed by atoms with Gasteiger partial charge < -0.3 is 14.2 Å². The molecule has 0 saturated carbocycles. The van der Waals surface area contributed by atoms with E-state index in [2.05, 4.69) is 27.7 Å². The summed E-state index contributed by atoms with van der Waals surface area (Å²) in [7, 11) is 0. The van der Waals surface area contributed by atoms with Gasteiger partial charge in [-0.3, -0.25) is 14.9 Å². The quantitative estimate of drug-likeness (QED) is 0.314. The van der Waals surface area contributed by atoms with E-state index < -0.39 is 10.9 Å². The Labute approximate surface area is 188 Å². The van der Waals surface area contributed by atoms with Crippen LogP contribution in [0.5, 0.6) is 5.75 Å². The molecule has 3 rings (SSSR count). The normalized spacial score (nSPS) is 25.2. The van der Waals surface area contributed by atoms with Gasteiger partial charge in [-0.1, -0.05) is 52.0 Å². The predicted molar refractivity (Wildman–Crippen MR) is 120 cm³/mol. The molecule has 0 aromatic heterocycles. The van der Waals surface area contributed by atoms with E-state index in [1.165, 1.54) is 12.1 Å². The lowest BCUT2D eigenvalue weighted by Crippen LogP contribution is -2.46. The number of hydrogen-bond acceptors (Lipinski definition) is 6. The standard InChI is InChI=1S/C25H31NO6/c1-5-23-17(3)16(2)18(4)25(32-23)31-22-12-8-20(9-13-22)15-30-24(27)14-19-6-10-21(11-7-19)26(28)29/h6-13,16-18,23,25H,5,14-15H2,1-4H3/t16?,17-,18+,23?,25-/m1/s1. The maximum Gasteiger partial charge on any atom is 0.310 e. The summed E-state index contributed by atoms with van der Waals surface area (Å²) in [6.45, 7) is 8.94. The fourth-order valence-electron chi connectivity index (χ4n) is 4.00. The molecule has 0 radical (unpaired) electrons. The fraction of sp³-hybridized carbons (Fsp3) is 0.480. The van der Waals surface area contributed by atoms with Crippen LogP contribution in [0, 0.1) is 27.9 Å². The topological polar surface area (TPSA) is 87.9 Å². The molecule has 0 bridgehead atoms. The van der Waals surface area contributed by atoms with E-state index in [0.717, 1.165) is 17.7 Å². The highest BCUT2D eigenvalue weighted by Crippen LogP contribution is 2.37. The fourth-order valence-corrected chi connectivity index (χ4v) is 4.00. The third kappa shape index (κ3) is 5.85. The van der Waals surface area contributed by atoms with Gasteiger partial charge in [0.05, 0.1) is 17.4 Å².